The smallest absolute Gasteiger partial charge is 0.350 e. The van der Waals surface area contributed by atoms with Crippen LogP contribution in [-0.2, 0) is 14.6 Å². The third-order valence-electron chi connectivity index (χ3n) is 7.20. The fraction of sp³-hybridized carbons (Fsp3) is 0.276. The minimum absolute atomic E-state index is 0.0966. The Morgan fingerprint density at radius 2 is 1.83 bits per heavy atom. The molecule has 1 atom stereocenters. The number of halogens is 2. The molecule has 3 aromatic heterocycles. The molecule has 0 aliphatic carbocycles. The number of benzene rings is 1. The van der Waals surface area contributed by atoms with Gasteiger partial charge in [0.2, 0.25) is 5.91 Å². The summed E-state index contributed by atoms with van der Waals surface area (Å²) in [5.41, 5.74) is -1.64. The maximum absolute atomic E-state index is 15.7. The van der Waals surface area contributed by atoms with E-state index < -0.39 is 32.4 Å². The summed E-state index contributed by atoms with van der Waals surface area (Å²) in [6.45, 7) is 9.18. The second kappa shape index (κ2) is 11.0. The van der Waals surface area contributed by atoms with E-state index in [9.17, 15) is 22.4 Å². The van der Waals surface area contributed by atoms with Crippen LogP contribution in [0, 0.1) is 11.6 Å². The molecule has 1 fully saturated rings. The highest BCUT2D eigenvalue weighted by atomic mass is 32.2. The molecule has 4 heterocycles. The molecule has 1 aromatic carbocycles. The van der Waals surface area contributed by atoms with Gasteiger partial charge in [-0.15, -0.1) is 0 Å². The van der Waals surface area contributed by atoms with Gasteiger partial charge in [-0.1, -0.05) is 18.7 Å². The number of nitrogens with zero attached hydrogens (tertiary/aromatic N) is 6. The van der Waals surface area contributed by atoms with Gasteiger partial charge in [-0.2, -0.15) is 4.98 Å². The van der Waals surface area contributed by atoms with E-state index in [1.807, 2.05) is 6.92 Å². The molecule has 10 nitrogen and oxygen atoms in total. The highest BCUT2D eigenvalue weighted by Crippen LogP contribution is 2.33. The lowest BCUT2D eigenvalue weighted by Gasteiger charge is -2.40. The molecule has 0 spiro atoms. The number of carbonyl (C=O) groups excluding carboxylic acids is 1. The first-order chi connectivity index (χ1) is 19.9. The molecule has 5 rings (SSSR count). The van der Waals surface area contributed by atoms with Crippen LogP contribution in [0.3, 0.4) is 0 Å². The van der Waals surface area contributed by atoms with Gasteiger partial charge >= 0.3 is 5.69 Å². The highest BCUT2D eigenvalue weighted by molar-refractivity contribution is 7.92. The summed E-state index contributed by atoms with van der Waals surface area (Å²) in [6, 6.07) is 9.11. The van der Waals surface area contributed by atoms with Crippen molar-refractivity contribution in [3.63, 3.8) is 0 Å². The van der Waals surface area contributed by atoms with Crippen LogP contribution >= 0.6 is 0 Å². The normalized spacial score (nSPS) is 15.8. The van der Waals surface area contributed by atoms with Crippen LogP contribution < -0.4 is 10.6 Å². The Kier molecular flexibility index (Phi) is 7.62. The molecule has 0 radical (unpaired) electrons. The van der Waals surface area contributed by atoms with Gasteiger partial charge in [0.15, 0.2) is 20.5 Å². The lowest BCUT2D eigenvalue weighted by Crippen LogP contribution is -2.54. The molecule has 4 aromatic rings. The molecular formula is C29H28F2N6O4S. The van der Waals surface area contributed by atoms with Crippen molar-refractivity contribution in [1.29, 1.82) is 0 Å². The number of hydrogen-bond acceptors (Lipinski definition) is 8. The summed E-state index contributed by atoms with van der Waals surface area (Å²) in [7, 11) is -3.99. The fourth-order valence-corrected chi connectivity index (χ4v) is 6.09. The van der Waals surface area contributed by atoms with Gasteiger partial charge in [-0.05, 0) is 57.2 Å². The van der Waals surface area contributed by atoms with Crippen molar-refractivity contribution in [1.82, 2.24) is 24.4 Å². The van der Waals surface area contributed by atoms with Gasteiger partial charge < -0.3 is 9.80 Å². The van der Waals surface area contributed by atoms with E-state index in [1.165, 1.54) is 56.5 Å². The summed E-state index contributed by atoms with van der Waals surface area (Å²) in [5.74, 6) is -1.73. The SMILES string of the molecule is C=CC(=O)N1CCN(c2nc(=O)n(-c3cccnc3S(=O)(=O)C(C)C)c3nc(-c4ccccc4F)c(F)cc23)[C@@H](C)C1. The van der Waals surface area contributed by atoms with Crippen LogP contribution in [0.5, 0.6) is 0 Å². The number of sulfone groups is 1. The van der Waals surface area contributed by atoms with Crippen molar-refractivity contribution < 1.29 is 22.0 Å². The zero-order valence-electron chi connectivity index (χ0n) is 23.2. The van der Waals surface area contributed by atoms with Gasteiger partial charge in [0, 0.05) is 37.4 Å². The number of aromatic nitrogens is 4. The molecule has 0 bridgehead atoms. The summed E-state index contributed by atoms with van der Waals surface area (Å²) >= 11 is 0. The van der Waals surface area contributed by atoms with Crippen molar-refractivity contribution >= 4 is 32.6 Å². The molecule has 1 saturated heterocycles. The van der Waals surface area contributed by atoms with Gasteiger partial charge in [0.05, 0.1) is 16.3 Å². The molecule has 1 aliphatic rings. The Hall–Kier alpha value is -4.52. The quantitative estimate of drug-likeness (QED) is 0.311. The average molecular weight is 595 g/mol. The molecular weight excluding hydrogens is 566 g/mol. The van der Waals surface area contributed by atoms with E-state index in [0.717, 1.165) is 16.7 Å². The summed E-state index contributed by atoms with van der Waals surface area (Å²) in [5, 5.41) is -1.14. The number of rotatable bonds is 6. The Bertz CT molecular complexity index is 1890. The van der Waals surface area contributed by atoms with E-state index >= 15 is 4.39 Å². The van der Waals surface area contributed by atoms with Crippen molar-refractivity contribution in [2.24, 2.45) is 0 Å². The van der Waals surface area contributed by atoms with Gasteiger partial charge in [0.1, 0.15) is 23.1 Å². The van der Waals surface area contributed by atoms with Crippen LogP contribution in [0.2, 0.25) is 0 Å². The molecule has 0 saturated carbocycles. The van der Waals surface area contributed by atoms with E-state index in [0.29, 0.717) is 13.1 Å². The Morgan fingerprint density at radius 3 is 2.50 bits per heavy atom. The molecule has 218 valence electrons. The number of hydrogen-bond donors (Lipinski definition) is 0. The predicted octanol–water partition coefficient (Wildman–Crippen LogP) is 3.53. The second-order valence-corrected chi connectivity index (χ2v) is 12.6. The number of piperazine rings is 1. The van der Waals surface area contributed by atoms with Crippen molar-refractivity contribution in [2.75, 3.05) is 24.5 Å². The van der Waals surface area contributed by atoms with Crippen LogP contribution in [0.15, 0.2) is 71.1 Å². The molecule has 1 aliphatic heterocycles. The number of amides is 1. The monoisotopic (exact) mass is 594 g/mol. The minimum Gasteiger partial charge on any atom is -0.350 e. The topological polar surface area (TPSA) is 118 Å². The van der Waals surface area contributed by atoms with Gasteiger partial charge in [-0.25, -0.2) is 36.5 Å². The lowest BCUT2D eigenvalue weighted by atomic mass is 10.1. The average Bonchev–Trinajstić information content (AvgIpc) is 2.96. The van der Waals surface area contributed by atoms with Crippen LogP contribution in [-0.4, -0.2) is 69.7 Å². The largest absolute Gasteiger partial charge is 0.355 e. The molecule has 0 N–H and O–H groups in total. The maximum Gasteiger partial charge on any atom is 0.355 e. The van der Waals surface area contributed by atoms with E-state index in [-0.39, 0.29) is 57.3 Å². The number of anilines is 1. The summed E-state index contributed by atoms with van der Waals surface area (Å²) in [4.78, 5) is 42.1. The van der Waals surface area contributed by atoms with Crippen molar-refractivity contribution in [3.8, 4) is 16.9 Å². The highest BCUT2D eigenvalue weighted by Gasteiger charge is 2.32. The van der Waals surface area contributed by atoms with Crippen LogP contribution in [0.25, 0.3) is 28.0 Å². The third kappa shape index (κ3) is 4.93. The van der Waals surface area contributed by atoms with Crippen LogP contribution in [0.1, 0.15) is 20.8 Å². The fourth-order valence-electron chi connectivity index (χ4n) is 4.98. The summed E-state index contributed by atoms with van der Waals surface area (Å²) < 4.78 is 58.0. The minimum atomic E-state index is -3.99. The zero-order valence-corrected chi connectivity index (χ0v) is 24.0. The first kappa shape index (κ1) is 29.0. The lowest BCUT2D eigenvalue weighted by molar-refractivity contribution is -0.126. The van der Waals surface area contributed by atoms with Crippen LogP contribution in [0.4, 0.5) is 14.6 Å². The Labute approximate surface area is 240 Å². The standard InChI is InChI=1S/C29H28F2N6O4S/c1-5-24(38)35-13-14-36(18(4)16-35)26-20-15-22(31)25(19-9-6-7-10-21(19)30)33-27(20)37(29(39)34-26)23-11-8-12-32-28(23)42(40,41)17(2)3/h5-12,15,17-18H,1,13-14,16H2,2-4H3/t18-/m0/s1. The third-order valence-corrected chi connectivity index (χ3v) is 9.29. The molecule has 13 heteroatoms. The number of pyridine rings is 2. The first-order valence-corrected chi connectivity index (χ1v) is 14.8. The molecule has 0 unspecified atom stereocenters. The van der Waals surface area contributed by atoms with Crippen molar-refractivity contribution in [3.05, 3.63) is 83.4 Å². The Morgan fingerprint density at radius 1 is 1.10 bits per heavy atom. The number of fused-ring (bicyclic) bond motifs is 1. The Balaban J connectivity index is 1.82. The number of carbonyl (C=O) groups is 1. The van der Waals surface area contributed by atoms with E-state index in [1.54, 1.807) is 9.80 Å². The zero-order chi connectivity index (χ0) is 30.3. The van der Waals surface area contributed by atoms with Crippen molar-refractivity contribution in [2.45, 2.75) is 37.1 Å². The van der Waals surface area contributed by atoms with Gasteiger partial charge in [0.25, 0.3) is 0 Å². The van der Waals surface area contributed by atoms with Gasteiger partial charge in [-0.3, -0.25) is 4.79 Å². The second-order valence-electron chi connectivity index (χ2n) is 10.2. The predicted molar refractivity (Wildman–Crippen MR) is 154 cm³/mol. The summed E-state index contributed by atoms with van der Waals surface area (Å²) in [6.07, 6.45) is 2.51. The molecule has 42 heavy (non-hydrogen) atoms. The van der Waals surface area contributed by atoms with E-state index in [4.69, 9.17) is 0 Å². The first-order valence-electron chi connectivity index (χ1n) is 13.2. The maximum atomic E-state index is 15.7. The van der Waals surface area contributed by atoms with E-state index in [2.05, 4.69) is 21.5 Å². The molecule has 1 amide bonds.